The zero-order valence-electron chi connectivity index (χ0n) is 9.32. The van der Waals surface area contributed by atoms with Crippen LogP contribution in [-0.4, -0.2) is 26.3 Å². The summed E-state index contributed by atoms with van der Waals surface area (Å²) in [6, 6.07) is 3.24. The molecule has 0 saturated carbocycles. The second kappa shape index (κ2) is 4.71. The normalized spacial score (nSPS) is 11.6. The van der Waals surface area contributed by atoms with Crippen LogP contribution in [0.5, 0.6) is 5.75 Å². The molecule has 0 radical (unpaired) electrons. The number of nitrogens with one attached hydrogen (secondary N) is 1. The van der Waals surface area contributed by atoms with E-state index in [0.29, 0.717) is 18.7 Å². The number of phenolic OH excluding ortho intramolecular Hbond substituents is 1. The summed E-state index contributed by atoms with van der Waals surface area (Å²) in [5.74, 6) is 0.150. The van der Waals surface area contributed by atoms with E-state index >= 15 is 0 Å². The van der Waals surface area contributed by atoms with Gasteiger partial charge in [0.1, 0.15) is 5.75 Å². The number of nitrogens with two attached hydrogens (primary N) is 1. The first-order valence-corrected chi connectivity index (χ1v) is 6.71. The SMILES string of the molecule is Cc1cc(CCNS(C)(=O)=O)c(N)cc1O. The minimum absolute atomic E-state index is 0.150. The van der Waals surface area contributed by atoms with Gasteiger partial charge in [-0.15, -0.1) is 0 Å². The van der Waals surface area contributed by atoms with Crippen molar-refractivity contribution in [1.82, 2.24) is 4.72 Å². The first-order chi connectivity index (χ1) is 7.29. The predicted octanol–water partition coefficient (Wildman–Crippen LogP) is 0.375. The number of hydrogen-bond donors (Lipinski definition) is 3. The van der Waals surface area contributed by atoms with Crippen molar-refractivity contribution in [2.75, 3.05) is 18.5 Å². The van der Waals surface area contributed by atoms with E-state index in [1.54, 1.807) is 13.0 Å². The molecule has 0 fully saturated rings. The second-order valence-electron chi connectivity index (χ2n) is 3.75. The van der Waals surface area contributed by atoms with Crippen LogP contribution in [-0.2, 0) is 16.4 Å². The number of aryl methyl sites for hydroxylation is 1. The molecule has 90 valence electrons. The van der Waals surface area contributed by atoms with Crippen LogP contribution in [0.25, 0.3) is 0 Å². The summed E-state index contributed by atoms with van der Waals surface area (Å²) in [5.41, 5.74) is 7.72. The highest BCUT2D eigenvalue weighted by Crippen LogP contribution is 2.23. The van der Waals surface area contributed by atoms with Gasteiger partial charge in [-0.1, -0.05) is 6.07 Å². The Kier molecular flexibility index (Phi) is 3.77. The number of aromatic hydroxyl groups is 1. The standard InChI is InChI=1S/C10H16N2O3S/c1-7-5-8(9(11)6-10(7)13)3-4-12-16(2,14)15/h5-6,12-13H,3-4,11H2,1-2H3. The summed E-state index contributed by atoms with van der Waals surface area (Å²) in [6.07, 6.45) is 1.61. The summed E-state index contributed by atoms with van der Waals surface area (Å²) < 4.78 is 24.1. The van der Waals surface area contributed by atoms with Gasteiger partial charge in [0, 0.05) is 18.3 Å². The molecule has 0 heterocycles. The highest BCUT2D eigenvalue weighted by Gasteiger charge is 2.05. The molecular weight excluding hydrogens is 228 g/mol. The van der Waals surface area contributed by atoms with Crippen LogP contribution in [0.3, 0.4) is 0 Å². The molecule has 1 rings (SSSR count). The second-order valence-corrected chi connectivity index (χ2v) is 5.59. The van der Waals surface area contributed by atoms with Crippen molar-refractivity contribution in [2.24, 2.45) is 0 Å². The molecule has 0 aliphatic heterocycles. The molecule has 0 aliphatic rings. The third kappa shape index (κ3) is 3.71. The number of nitrogen functional groups attached to an aromatic ring is 1. The first-order valence-electron chi connectivity index (χ1n) is 4.82. The number of rotatable bonds is 4. The van der Waals surface area contributed by atoms with Crippen LogP contribution in [0.1, 0.15) is 11.1 Å². The van der Waals surface area contributed by atoms with E-state index in [-0.39, 0.29) is 5.75 Å². The van der Waals surface area contributed by atoms with E-state index in [1.165, 1.54) is 6.07 Å². The zero-order chi connectivity index (χ0) is 12.3. The van der Waals surface area contributed by atoms with E-state index in [1.807, 2.05) is 0 Å². The molecule has 0 aliphatic carbocycles. The Bertz CT molecular complexity index is 483. The van der Waals surface area contributed by atoms with Crippen molar-refractivity contribution in [3.05, 3.63) is 23.3 Å². The Labute approximate surface area is 95.3 Å². The minimum atomic E-state index is -3.17. The molecule has 5 nitrogen and oxygen atoms in total. The van der Waals surface area contributed by atoms with E-state index in [2.05, 4.69) is 4.72 Å². The van der Waals surface area contributed by atoms with Crippen LogP contribution < -0.4 is 10.5 Å². The molecule has 16 heavy (non-hydrogen) atoms. The molecule has 0 unspecified atom stereocenters. The Balaban J connectivity index is 2.71. The van der Waals surface area contributed by atoms with Gasteiger partial charge in [-0.2, -0.15) is 0 Å². The molecular formula is C10H16N2O3S. The van der Waals surface area contributed by atoms with Gasteiger partial charge in [0.25, 0.3) is 0 Å². The maximum Gasteiger partial charge on any atom is 0.208 e. The molecule has 0 atom stereocenters. The monoisotopic (exact) mass is 244 g/mol. The summed E-state index contributed by atoms with van der Waals surface area (Å²) in [4.78, 5) is 0. The van der Waals surface area contributed by atoms with E-state index in [9.17, 15) is 13.5 Å². The fourth-order valence-corrected chi connectivity index (χ4v) is 1.83. The quantitative estimate of drug-likeness (QED) is 0.667. The third-order valence-electron chi connectivity index (χ3n) is 2.22. The van der Waals surface area contributed by atoms with Crippen molar-refractivity contribution in [1.29, 1.82) is 0 Å². The zero-order valence-corrected chi connectivity index (χ0v) is 10.1. The molecule has 4 N–H and O–H groups in total. The van der Waals surface area contributed by atoms with Crippen LogP contribution >= 0.6 is 0 Å². The van der Waals surface area contributed by atoms with Crippen molar-refractivity contribution in [2.45, 2.75) is 13.3 Å². The minimum Gasteiger partial charge on any atom is -0.508 e. The van der Waals surface area contributed by atoms with Crippen LogP contribution in [0.15, 0.2) is 12.1 Å². The Hall–Kier alpha value is -1.27. The molecule has 6 heteroatoms. The van der Waals surface area contributed by atoms with Crippen LogP contribution in [0.4, 0.5) is 5.69 Å². The fraction of sp³-hybridized carbons (Fsp3) is 0.400. The average Bonchev–Trinajstić information content (AvgIpc) is 2.11. The molecule has 1 aromatic rings. The van der Waals surface area contributed by atoms with Crippen molar-refractivity contribution in [3.63, 3.8) is 0 Å². The van der Waals surface area contributed by atoms with Gasteiger partial charge < -0.3 is 10.8 Å². The van der Waals surface area contributed by atoms with Crippen LogP contribution in [0.2, 0.25) is 0 Å². The number of anilines is 1. The lowest BCUT2D eigenvalue weighted by Gasteiger charge is -2.08. The van der Waals surface area contributed by atoms with E-state index in [4.69, 9.17) is 5.73 Å². The van der Waals surface area contributed by atoms with Crippen LogP contribution in [0, 0.1) is 6.92 Å². The Morgan fingerprint density at radius 1 is 1.44 bits per heavy atom. The highest BCUT2D eigenvalue weighted by atomic mass is 32.2. The van der Waals surface area contributed by atoms with Gasteiger partial charge in [-0.25, -0.2) is 13.1 Å². The Morgan fingerprint density at radius 2 is 2.06 bits per heavy atom. The van der Waals surface area contributed by atoms with Gasteiger partial charge in [0.2, 0.25) is 10.0 Å². The molecule has 0 saturated heterocycles. The van der Waals surface area contributed by atoms with Crippen molar-refractivity contribution < 1.29 is 13.5 Å². The predicted molar refractivity (Wildman–Crippen MR) is 63.8 cm³/mol. The van der Waals surface area contributed by atoms with Gasteiger partial charge >= 0.3 is 0 Å². The van der Waals surface area contributed by atoms with Gasteiger partial charge in [0.05, 0.1) is 6.26 Å². The number of sulfonamides is 1. The smallest absolute Gasteiger partial charge is 0.208 e. The van der Waals surface area contributed by atoms with Gasteiger partial charge in [-0.3, -0.25) is 0 Å². The van der Waals surface area contributed by atoms with Gasteiger partial charge in [-0.05, 0) is 24.5 Å². The lowest BCUT2D eigenvalue weighted by molar-refractivity contribution is 0.471. The maximum absolute atomic E-state index is 10.8. The maximum atomic E-state index is 10.8. The van der Waals surface area contributed by atoms with E-state index in [0.717, 1.165) is 17.4 Å². The summed E-state index contributed by atoms with van der Waals surface area (Å²) in [7, 11) is -3.17. The largest absolute Gasteiger partial charge is 0.508 e. The topological polar surface area (TPSA) is 92.4 Å². The number of hydrogen-bond acceptors (Lipinski definition) is 4. The Morgan fingerprint density at radius 3 is 2.62 bits per heavy atom. The van der Waals surface area contributed by atoms with E-state index < -0.39 is 10.0 Å². The van der Waals surface area contributed by atoms with Crippen molar-refractivity contribution in [3.8, 4) is 5.75 Å². The fourth-order valence-electron chi connectivity index (χ4n) is 1.36. The summed E-state index contributed by atoms with van der Waals surface area (Å²) >= 11 is 0. The third-order valence-corrected chi connectivity index (χ3v) is 2.94. The number of phenols is 1. The van der Waals surface area contributed by atoms with Gasteiger partial charge in [0.15, 0.2) is 0 Å². The summed E-state index contributed by atoms with van der Waals surface area (Å²) in [5, 5.41) is 9.39. The highest BCUT2D eigenvalue weighted by molar-refractivity contribution is 7.88. The molecule has 0 amide bonds. The lowest BCUT2D eigenvalue weighted by Crippen LogP contribution is -2.24. The molecule has 0 spiro atoms. The number of benzene rings is 1. The summed E-state index contributed by atoms with van der Waals surface area (Å²) in [6.45, 7) is 2.06. The first kappa shape index (κ1) is 12.8. The molecule has 1 aromatic carbocycles. The molecule has 0 bridgehead atoms. The average molecular weight is 244 g/mol. The lowest BCUT2D eigenvalue weighted by atomic mass is 10.1. The molecule has 0 aromatic heterocycles. The van der Waals surface area contributed by atoms with Crippen molar-refractivity contribution >= 4 is 15.7 Å².